The average Bonchev–Trinajstić information content (AvgIpc) is 2.32. The maximum Gasteiger partial charge on any atom is 0.243 e. The fourth-order valence-electron chi connectivity index (χ4n) is 2.22. The van der Waals surface area contributed by atoms with E-state index in [4.69, 9.17) is 0 Å². The van der Waals surface area contributed by atoms with E-state index >= 15 is 0 Å². The lowest BCUT2D eigenvalue weighted by Gasteiger charge is -2.34. The molecule has 18 heavy (non-hydrogen) atoms. The molecule has 0 radical (unpaired) electrons. The highest BCUT2D eigenvalue weighted by molar-refractivity contribution is 9.10. The van der Waals surface area contributed by atoms with Crippen LogP contribution in [-0.2, 0) is 10.0 Å². The van der Waals surface area contributed by atoms with E-state index < -0.39 is 10.0 Å². The summed E-state index contributed by atoms with van der Waals surface area (Å²) in [7, 11) is -3.34. The zero-order valence-electron chi connectivity index (χ0n) is 10.6. The minimum Gasteiger partial charge on any atom is -0.207 e. The van der Waals surface area contributed by atoms with Crippen molar-refractivity contribution in [3.63, 3.8) is 0 Å². The summed E-state index contributed by atoms with van der Waals surface area (Å²) >= 11 is 3.32. The molecular weight excluding hydrogens is 314 g/mol. The minimum absolute atomic E-state index is 0.374. The number of piperidine rings is 1. The molecule has 2 rings (SSSR count). The largest absolute Gasteiger partial charge is 0.243 e. The summed E-state index contributed by atoms with van der Waals surface area (Å²) in [5.41, 5.74) is 0. The van der Waals surface area contributed by atoms with Crippen molar-refractivity contribution in [3.05, 3.63) is 28.7 Å². The number of sulfonamides is 1. The molecule has 1 saturated heterocycles. The number of nitrogens with zero attached hydrogens (tertiary/aromatic N) is 1. The maximum absolute atomic E-state index is 12.5. The smallest absolute Gasteiger partial charge is 0.207 e. The summed E-state index contributed by atoms with van der Waals surface area (Å²) in [6, 6.07) is 6.91. The van der Waals surface area contributed by atoms with Crippen LogP contribution in [0.1, 0.15) is 20.3 Å². The van der Waals surface area contributed by atoms with Crippen LogP contribution in [-0.4, -0.2) is 25.8 Å². The van der Waals surface area contributed by atoms with Crippen LogP contribution in [0, 0.1) is 11.8 Å². The Morgan fingerprint density at radius 1 is 1.28 bits per heavy atom. The fraction of sp³-hybridized carbons (Fsp3) is 0.538. The number of hydrogen-bond donors (Lipinski definition) is 0. The lowest BCUT2D eigenvalue weighted by atomic mass is 9.90. The van der Waals surface area contributed by atoms with Crippen molar-refractivity contribution in [2.75, 3.05) is 13.1 Å². The Labute approximate surface area is 117 Å². The fourth-order valence-corrected chi connectivity index (χ4v) is 4.37. The highest BCUT2D eigenvalue weighted by Crippen LogP contribution is 2.28. The van der Waals surface area contributed by atoms with Gasteiger partial charge in [-0.2, -0.15) is 4.31 Å². The molecule has 0 bridgehead atoms. The van der Waals surface area contributed by atoms with Gasteiger partial charge < -0.3 is 0 Å². The summed E-state index contributed by atoms with van der Waals surface area (Å²) in [6.45, 7) is 5.55. The molecular formula is C13H18BrNO2S. The Kier molecular flexibility index (Phi) is 4.14. The van der Waals surface area contributed by atoms with E-state index in [-0.39, 0.29) is 0 Å². The molecule has 1 fully saturated rings. The molecule has 0 aromatic heterocycles. The molecule has 0 saturated carbocycles. The van der Waals surface area contributed by atoms with E-state index in [1.165, 1.54) is 0 Å². The van der Waals surface area contributed by atoms with Gasteiger partial charge in [-0.1, -0.05) is 35.8 Å². The Hall–Kier alpha value is -0.390. The second-order valence-corrected chi connectivity index (χ2v) is 7.92. The van der Waals surface area contributed by atoms with Gasteiger partial charge in [-0.25, -0.2) is 8.42 Å². The Balaban J connectivity index is 2.27. The molecule has 0 aliphatic carbocycles. The van der Waals surface area contributed by atoms with Crippen LogP contribution in [0.2, 0.25) is 0 Å². The lowest BCUT2D eigenvalue weighted by molar-refractivity contribution is 0.212. The van der Waals surface area contributed by atoms with Crippen molar-refractivity contribution in [2.45, 2.75) is 25.2 Å². The van der Waals surface area contributed by atoms with Crippen LogP contribution in [0.5, 0.6) is 0 Å². The highest BCUT2D eigenvalue weighted by atomic mass is 79.9. The third-order valence-electron chi connectivity index (χ3n) is 3.73. The van der Waals surface area contributed by atoms with Gasteiger partial charge in [-0.3, -0.25) is 0 Å². The minimum atomic E-state index is -3.34. The van der Waals surface area contributed by atoms with Crippen LogP contribution in [0.4, 0.5) is 0 Å². The third-order valence-corrected chi connectivity index (χ3v) is 6.09. The van der Waals surface area contributed by atoms with Crippen molar-refractivity contribution < 1.29 is 8.42 Å². The summed E-state index contributed by atoms with van der Waals surface area (Å²) < 4.78 is 27.4. The Bertz CT molecular complexity index is 530. The van der Waals surface area contributed by atoms with Gasteiger partial charge in [0, 0.05) is 17.6 Å². The van der Waals surface area contributed by atoms with Crippen molar-refractivity contribution in [2.24, 2.45) is 11.8 Å². The third kappa shape index (κ3) is 2.78. The van der Waals surface area contributed by atoms with Crippen LogP contribution < -0.4 is 0 Å². The van der Waals surface area contributed by atoms with Gasteiger partial charge in [0.2, 0.25) is 10.0 Å². The molecule has 2 unspecified atom stereocenters. The van der Waals surface area contributed by atoms with E-state index in [0.717, 1.165) is 10.9 Å². The van der Waals surface area contributed by atoms with Crippen molar-refractivity contribution in [3.8, 4) is 0 Å². The van der Waals surface area contributed by atoms with Gasteiger partial charge in [0.15, 0.2) is 0 Å². The van der Waals surface area contributed by atoms with Crippen molar-refractivity contribution in [1.82, 2.24) is 4.31 Å². The average molecular weight is 332 g/mol. The maximum atomic E-state index is 12.5. The summed E-state index contributed by atoms with van der Waals surface area (Å²) in [5, 5.41) is 0. The van der Waals surface area contributed by atoms with Crippen LogP contribution in [0.25, 0.3) is 0 Å². The molecule has 0 N–H and O–H groups in total. The van der Waals surface area contributed by atoms with Gasteiger partial charge >= 0.3 is 0 Å². The monoisotopic (exact) mass is 331 g/mol. The molecule has 1 aromatic rings. The Morgan fingerprint density at radius 2 is 2.00 bits per heavy atom. The molecule has 1 aliphatic rings. The molecule has 1 aromatic carbocycles. The molecule has 3 nitrogen and oxygen atoms in total. The predicted octanol–water partition coefficient (Wildman–Crippen LogP) is 3.12. The Morgan fingerprint density at radius 3 is 2.61 bits per heavy atom. The van der Waals surface area contributed by atoms with Crippen molar-refractivity contribution >= 4 is 26.0 Å². The molecule has 0 spiro atoms. The zero-order chi connectivity index (χ0) is 13.3. The number of halogens is 1. The molecule has 1 heterocycles. The predicted molar refractivity (Wildman–Crippen MR) is 75.8 cm³/mol. The van der Waals surface area contributed by atoms with E-state index in [1.807, 2.05) is 6.07 Å². The van der Waals surface area contributed by atoms with Crippen LogP contribution in [0.3, 0.4) is 0 Å². The molecule has 0 amide bonds. The molecule has 2 atom stereocenters. The van der Waals surface area contributed by atoms with E-state index in [2.05, 4.69) is 29.8 Å². The van der Waals surface area contributed by atoms with E-state index in [1.54, 1.807) is 22.5 Å². The van der Waals surface area contributed by atoms with Gasteiger partial charge in [0.25, 0.3) is 0 Å². The van der Waals surface area contributed by atoms with Crippen molar-refractivity contribution in [1.29, 1.82) is 0 Å². The first-order chi connectivity index (χ1) is 8.41. The first kappa shape index (κ1) is 14.0. The van der Waals surface area contributed by atoms with Gasteiger partial charge in [-0.15, -0.1) is 0 Å². The molecule has 1 aliphatic heterocycles. The summed E-state index contributed by atoms with van der Waals surface area (Å²) in [5.74, 6) is 1.01. The summed E-state index contributed by atoms with van der Waals surface area (Å²) in [4.78, 5) is 0.374. The number of hydrogen-bond acceptors (Lipinski definition) is 2. The topological polar surface area (TPSA) is 37.4 Å². The second-order valence-electron chi connectivity index (χ2n) is 5.06. The first-order valence-electron chi connectivity index (χ1n) is 6.17. The van der Waals surface area contributed by atoms with Gasteiger partial charge in [0.05, 0.1) is 4.90 Å². The number of rotatable bonds is 2. The SMILES string of the molecule is CC1CCN(S(=O)(=O)c2cccc(Br)c2)CC1C. The quantitative estimate of drug-likeness (QED) is 0.834. The van der Waals surface area contributed by atoms with E-state index in [0.29, 0.717) is 29.8 Å². The second kappa shape index (κ2) is 5.31. The normalized spacial score (nSPS) is 26.2. The van der Waals surface area contributed by atoms with E-state index in [9.17, 15) is 8.42 Å². The van der Waals surface area contributed by atoms with Crippen LogP contribution >= 0.6 is 15.9 Å². The summed E-state index contributed by atoms with van der Waals surface area (Å²) in [6.07, 6.45) is 0.939. The van der Waals surface area contributed by atoms with Crippen LogP contribution in [0.15, 0.2) is 33.6 Å². The lowest BCUT2D eigenvalue weighted by Crippen LogP contribution is -2.42. The molecule has 100 valence electrons. The first-order valence-corrected chi connectivity index (χ1v) is 8.40. The standard InChI is InChI=1S/C13H18BrNO2S/c1-10-6-7-15(9-11(10)2)18(16,17)13-5-3-4-12(14)8-13/h3-5,8,10-11H,6-7,9H2,1-2H3. The van der Waals surface area contributed by atoms with Gasteiger partial charge in [0.1, 0.15) is 0 Å². The zero-order valence-corrected chi connectivity index (χ0v) is 13.0. The number of benzene rings is 1. The molecule has 5 heteroatoms. The highest BCUT2D eigenvalue weighted by Gasteiger charge is 2.31. The van der Waals surface area contributed by atoms with Gasteiger partial charge in [-0.05, 0) is 36.5 Å².